The highest BCUT2D eigenvalue weighted by molar-refractivity contribution is 5.77. The molecule has 1 aliphatic rings. The number of aromatic amines is 1. The number of H-pyrrole nitrogens is 1. The summed E-state index contributed by atoms with van der Waals surface area (Å²) in [6.45, 7) is 0. The van der Waals surface area contributed by atoms with Gasteiger partial charge in [-0.3, -0.25) is 5.10 Å². The molecule has 3 aromatic rings. The third kappa shape index (κ3) is 1.60. The first-order valence-corrected chi connectivity index (χ1v) is 6.64. The van der Waals surface area contributed by atoms with Crippen molar-refractivity contribution in [2.45, 2.75) is 12.8 Å². The minimum atomic E-state index is 1.06. The van der Waals surface area contributed by atoms with Gasteiger partial charge in [-0.2, -0.15) is 5.10 Å². The number of hydrogen-bond donors (Lipinski definition) is 1. The molecule has 0 atom stereocenters. The van der Waals surface area contributed by atoms with Crippen LogP contribution in [-0.4, -0.2) is 10.2 Å². The Morgan fingerprint density at radius 3 is 2.53 bits per heavy atom. The second kappa shape index (κ2) is 4.09. The molecule has 0 radical (unpaired) electrons. The molecule has 0 saturated heterocycles. The van der Waals surface area contributed by atoms with Crippen LogP contribution in [0.4, 0.5) is 0 Å². The van der Waals surface area contributed by atoms with Gasteiger partial charge in [0.1, 0.15) is 0 Å². The number of nitrogens with zero attached hydrogens (tertiary/aromatic N) is 1. The van der Waals surface area contributed by atoms with Crippen molar-refractivity contribution in [2.75, 3.05) is 0 Å². The molecule has 92 valence electrons. The Kier molecular flexibility index (Phi) is 2.27. The van der Waals surface area contributed by atoms with Crippen molar-refractivity contribution < 1.29 is 0 Å². The van der Waals surface area contributed by atoms with Gasteiger partial charge in [-0.15, -0.1) is 0 Å². The third-order valence-corrected chi connectivity index (χ3v) is 3.85. The molecule has 0 unspecified atom stereocenters. The number of aromatic nitrogens is 2. The third-order valence-electron chi connectivity index (χ3n) is 3.85. The summed E-state index contributed by atoms with van der Waals surface area (Å²) in [5.41, 5.74) is 7.56. The molecule has 0 fully saturated rings. The van der Waals surface area contributed by atoms with E-state index >= 15 is 0 Å². The Bertz CT molecular complexity index is 713. The van der Waals surface area contributed by atoms with E-state index in [9.17, 15) is 0 Å². The van der Waals surface area contributed by atoms with E-state index < -0.39 is 0 Å². The Morgan fingerprint density at radius 1 is 0.842 bits per heavy atom. The highest BCUT2D eigenvalue weighted by Gasteiger charge is 2.21. The monoisotopic (exact) mass is 246 g/mol. The predicted octanol–water partition coefficient (Wildman–Crippen LogP) is 3.84. The first-order valence-electron chi connectivity index (χ1n) is 6.64. The smallest absolute Gasteiger partial charge is 0.0959 e. The summed E-state index contributed by atoms with van der Waals surface area (Å²) < 4.78 is 0. The number of rotatable bonds is 1. The van der Waals surface area contributed by atoms with E-state index in [4.69, 9.17) is 0 Å². The molecule has 0 aliphatic heterocycles. The molecule has 0 saturated carbocycles. The fourth-order valence-corrected chi connectivity index (χ4v) is 2.91. The second-order valence-corrected chi connectivity index (χ2v) is 4.95. The van der Waals surface area contributed by atoms with Crippen molar-refractivity contribution in [1.29, 1.82) is 0 Å². The van der Waals surface area contributed by atoms with Gasteiger partial charge >= 0.3 is 0 Å². The zero-order valence-electron chi connectivity index (χ0n) is 10.6. The van der Waals surface area contributed by atoms with Crippen LogP contribution in [0.1, 0.15) is 11.1 Å². The SMILES string of the molecule is c1ccc(-c2n[nH]c3c2CCc2ccccc2-3)cc1. The van der Waals surface area contributed by atoms with Crippen LogP contribution in [0.5, 0.6) is 0 Å². The number of nitrogens with one attached hydrogen (secondary N) is 1. The Hall–Kier alpha value is -2.35. The van der Waals surface area contributed by atoms with Crippen LogP contribution in [0.15, 0.2) is 54.6 Å². The molecule has 0 bridgehead atoms. The largest absolute Gasteiger partial charge is 0.277 e. The molecule has 0 spiro atoms. The standard InChI is InChI=1S/C17H14N2/c1-2-7-13(8-3-1)16-15-11-10-12-6-4-5-9-14(12)17(15)19-18-16/h1-9H,10-11H2,(H,18,19). The molecule has 2 heteroatoms. The van der Waals surface area contributed by atoms with Crippen LogP contribution in [0.25, 0.3) is 22.5 Å². The van der Waals surface area contributed by atoms with Gasteiger partial charge in [0.2, 0.25) is 0 Å². The molecule has 4 rings (SSSR count). The lowest BCUT2D eigenvalue weighted by Crippen LogP contribution is -2.03. The molecule has 1 aromatic heterocycles. The van der Waals surface area contributed by atoms with Gasteiger partial charge in [-0.25, -0.2) is 0 Å². The Balaban J connectivity index is 1.91. The van der Waals surface area contributed by atoms with Crippen molar-refractivity contribution in [3.05, 3.63) is 65.7 Å². The maximum Gasteiger partial charge on any atom is 0.0959 e. The zero-order valence-corrected chi connectivity index (χ0v) is 10.6. The van der Waals surface area contributed by atoms with Crippen molar-refractivity contribution >= 4 is 0 Å². The lowest BCUT2D eigenvalue weighted by Gasteiger charge is -2.16. The summed E-state index contributed by atoms with van der Waals surface area (Å²) in [6.07, 6.45) is 2.16. The van der Waals surface area contributed by atoms with E-state index in [1.807, 2.05) is 6.07 Å². The summed E-state index contributed by atoms with van der Waals surface area (Å²) in [4.78, 5) is 0. The number of fused-ring (bicyclic) bond motifs is 3. The van der Waals surface area contributed by atoms with Gasteiger partial charge < -0.3 is 0 Å². The van der Waals surface area contributed by atoms with Gasteiger partial charge in [0, 0.05) is 16.7 Å². The minimum Gasteiger partial charge on any atom is -0.277 e. The maximum atomic E-state index is 4.54. The van der Waals surface area contributed by atoms with Gasteiger partial charge in [0.15, 0.2) is 0 Å². The van der Waals surface area contributed by atoms with Crippen LogP contribution >= 0.6 is 0 Å². The summed E-state index contributed by atoms with van der Waals surface area (Å²) in [5.74, 6) is 0. The van der Waals surface area contributed by atoms with Gasteiger partial charge in [0.05, 0.1) is 11.4 Å². The van der Waals surface area contributed by atoms with Crippen LogP contribution in [0, 0.1) is 0 Å². The van der Waals surface area contributed by atoms with Crippen molar-refractivity contribution in [2.24, 2.45) is 0 Å². The topological polar surface area (TPSA) is 28.7 Å². The van der Waals surface area contributed by atoms with Crippen molar-refractivity contribution in [3.63, 3.8) is 0 Å². The summed E-state index contributed by atoms with van der Waals surface area (Å²) in [6, 6.07) is 19.0. The van der Waals surface area contributed by atoms with Crippen LogP contribution in [0.2, 0.25) is 0 Å². The molecular weight excluding hydrogens is 232 g/mol. The van der Waals surface area contributed by atoms with Crippen LogP contribution < -0.4 is 0 Å². The molecule has 1 aliphatic carbocycles. The summed E-state index contributed by atoms with van der Waals surface area (Å²) in [5, 5.41) is 7.77. The molecule has 2 aromatic carbocycles. The average Bonchev–Trinajstić information content (AvgIpc) is 2.92. The van der Waals surface area contributed by atoms with E-state index in [1.54, 1.807) is 0 Å². The maximum absolute atomic E-state index is 4.54. The second-order valence-electron chi connectivity index (χ2n) is 4.95. The molecule has 19 heavy (non-hydrogen) atoms. The normalized spacial score (nSPS) is 12.8. The van der Waals surface area contributed by atoms with Crippen molar-refractivity contribution in [1.82, 2.24) is 10.2 Å². The highest BCUT2D eigenvalue weighted by atomic mass is 15.1. The summed E-state index contributed by atoms with van der Waals surface area (Å²) >= 11 is 0. The Labute approximate surface area is 112 Å². The van der Waals surface area contributed by atoms with E-state index in [-0.39, 0.29) is 0 Å². The molecule has 0 amide bonds. The van der Waals surface area contributed by atoms with Gasteiger partial charge in [0.25, 0.3) is 0 Å². The number of aryl methyl sites for hydroxylation is 1. The van der Waals surface area contributed by atoms with E-state index in [0.717, 1.165) is 18.5 Å². The lowest BCUT2D eigenvalue weighted by molar-refractivity contribution is 0.943. The number of benzene rings is 2. The fourth-order valence-electron chi connectivity index (χ4n) is 2.91. The zero-order chi connectivity index (χ0) is 12.7. The number of hydrogen-bond acceptors (Lipinski definition) is 1. The van der Waals surface area contributed by atoms with Crippen LogP contribution in [-0.2, 0) is 12.8 Å². The predicted molar refractivity (Wildman–Crippen MR) is 76.9 cm³/mol. The van der Waals surface area contributed by atoms with Crippen molar-refractivity contribution in [3.8, 4) is 22.5 Å². The fraction of sp³-hybridized carbons (Fsp3) is 0.118. The van der Waals surface area contributed by atoms with Gasteiger partial charge in [-0.05, 0) is 18.4 Å². The Morgan fingerprint density at radius 2 is 1.63 bits per heavy atom. The van der Waals surface area contributed by atoms with E-state index in [0.29, 0.717) is 0 Å². The quantitative estimate of drug-likeness (QED) is 0.694. The summed E-state index contributed by atoms with van der Waals surface area (Å²) in [7, 11) is 0. The first-order chi connectivity index (χ1) is 9.43. The molecule has 1 N–H and O–H groups in total. The minimum absolute atomic E-state index is 1.06. The van der Waals surface area contributed by atoms with Crippen LogP contribution in [0.3, 0.4) is 0 Å². The molecule has 1 heterocycles. The molecular formula is C17H14N2. The first kappa shape index (κ1) is 10.6. The highest BCUT2D eigenvalue weighted by Crippen LogP contribution is 2.36. The molecule has 2 nitrogen and oxygen atoms in total. The average molecular weight is 246 g/mol. The van der Waals surface area contributed by atoms with E-state index in [2.05, 4.69) is 58.7 Å². The lowest BCUT2D eigenvalue weighted by atomic mass is 9.88. The van der Waals surface area contributed by atoms with E-state index in [1.165, 1.54) is 27.9 Å². The van der Waals surface area contributed by atoms with Gasteiger partial charge in [-0.1, -0.05) is 54.6 Å².